The third-order valence-corrected chi connectivity index (χ3v) is 4.66. The first kappa shape index (κ1) is 14.7. The van der Waals surface area contributed by atoms with Gasteiger partial charge < -0.3 is 14.2 Å². The van der Waals surface area contributed by atoms with Crippen LogP contribution in [0.1, 0.15) is 19.3 Å². The molecule has 2 aliphatic heterocycles. The molecule has 1 atom stereocenters. The first-order chi connectivity index (χ1) is 10.3. The van der Waals surface area contributed by atoms with E-state index in [9.17, 15) is 0 Å². The van der Waals surface area contributed by atoms with Gasteiger partial charge in [-0.3, -0.25) is 4.90 Å². The molecule has 0 N–H and O–H groups in total. The highest BCUT2D eigenvalue weighted by Crippen LogP contribution is 2.37. The number of nitrogens with zero attached hydrogens (tertiary/aromatic N) is 1. The summed E-state index contributed by atoms with van der Waals surface area (Å²) in [5.74, 6) is 1.77. The molecule has 3 rings (SSSR count). The van der Waals surface area contributed by atoms with Gasteiger partial charge in [-0.25, -0.2) is 0 Å². The number of ether oxygens (including phenoxy) is 3. The zero-order valence-corrected chi connectivity index (χ0v) is 12.8. The summed E-state index contributed by atoms with van der Waals surface area (Å²) in [4.78, 5) is 2.51. The van der Waals surface area contributed by atoms with Crippen LogP contribution in [0.4, 0.5) is 0 Å². The molecule has 21 heavy (non-hydrogen) atoms. The van der Waals surface area contributed by atoms with Gasteiger partial charge in [0.1, 0.15) is 18.1 Å². The van der Waals surface area contributed by atoms with E-state index in [4.69, 9.17) is 14.2 Å². The standard InChI is InChI=1S/C17H25NO3/c1-19-15-3-5-16(6-4-15)21-12-10-18-9-8-17(13-18)7-2-11-20-14-17/h3-6H,2,7-14H2,1H3. The van der Waals surface area contributed by atoms with Crippen LogP contribution in [0.3, 0.4) is 0 Å². The van der Waals surface area contributed by atoms with Crippen LogP contribution in [-0.2, 0) is 4.74 Å². The number of benzene rings is 1. The van der Waals surface area contributed by atoms with Crippen LogP contribution in [0.5, 0.6) is 11.5 Å². The van der Waals surface area contributed by atoms with Crippen molar-refractivity contribution in [2.45, 2.75) is 19.3 Å². The van der Waals surface area contributed by atoms with E-state index < -0.39 is 0 Å². The minimum absolute atomic E-state index is 0.429. The molecule has 0 bridgehead atoms. The second kappa shape index (κ2) is 6.67. The van der Waals surface area contributed by atoms with Crippen molar-refractivity contribution in [3.05, 3.63) is 24.3 Å². The largest absolute Gasteiger partial charge is 0.497 e. The average molecular weight is 291 g/mol. The SMILES string of the molecule is COc1ccc(OCCN2CCC3(CCCOC3)C2)cc1. The molecule has 4 nitrogen and oxygen atoms in total. The molecule has 0 saturated carbocycles. The van der Waals surface area contributed by atoms with Gasteiger partial charge in [0.15, 0.2) is 0 Å². The fraction of sp³-hybridized carbons (Fsp3) is 0.647. The highest BCUT2D eigenvalue weighted by Gasteiger charge is 2.39. The molecule has 1 unspecified atom stereocenters. The van der Waals surface area contributed by atoms with Gasteiger partial charge in [-0.1, -0.05) is 0 Å². The molecule has 2 saturated heterocycles. The molecule has 0 amide bonds. The Kier molecular flexibility index (Phi) is 4.66. The topological polar surface area (TPSA) is 30.9 Å². The highest BCUT2D eigenvalue weighted by molar-refractivity contribution is 5.31. The fourth-order valence-electron chi connectivity index (χ4n) is 3.42. The Balaban J connectivity index is 1.41. The monoisotopic (exact) mass is 291 g/mol. The van der Waals surface area contributed by atoms with Crippen molar-refractivity contribution >= 4 is 0 Å². The van der Waals surface area contributed by atoms with Gasteiger partial charge in [-0.2, -0.15) is 0 Å². The highest BCUT2D eigenvalue weighted by atomic mass is 16.5. The van der Waals surface area contributed by atoms with Crippen LogP contribution in [-0.4, -0.2) is 51.5 Å². The summed E-state index contributed by atoms with van der Waals surface area (Å²) < 4.78 is 16.6. The molecule has 2 aliphatic rings. The summed E-state index contributed by atoms with van der Waals surface area (Å²) >= 11 is 0. The van der Waals surface area contributed by atoms with Gasteiger partial charge in [0.25, 0.3) is 0 Å². The molecule has 1 spiro atoms. The quantitative estimate of drug-likeness (QED) is 0.834. The first-order valence-corrected chi connectivity index (χ1v) is 7.87. The molecule has 1 aromatic carbocycles. The van der Waals surface area contributed by atoms with E-state index in [2.05, 4.69) is 4.90 Å². The zero-order valence-electron chi connectivity index (χ0n) is 12.8. The van der Waals surface area contributed by atoms with Crippen LogP contribution in [0.15, 0.2) is 24.3 Å². The zero-order chi connectivity index (χ0) is 14.5. The lowest BCUT2D eigenvalue weighted by molar-refractivity contribution is -0.00256. The summed E-state index contributed by atoms with van der Waals surface area (Å²) in [6.07, 6.45) is 3.81. The number of likely N-dealkylation sites (tertiary alicyclic amines) is 1. The Bertz CT molecular complexity index is 440. The van der Waals surface area contributed by atoms with E-state index in [1.54, 1.807) is 7.11 Å². The predicted molar refractivity (Wildman–Crippen MR) is 82.0 cm³/mol. The maximum Gasteiger partial charge on any atom is 0.119 e. The lowest BCUT2D eigenvalue weighted by Crippen LogP contribution is -2.36. The number of hydrogen-bond acceptors (Lipinski definition) is 4. The Morgan fingerprint density at radius 2 is 2.00 bits per heavy atom. The normalized spacial score (nSPS) is 26.1. The van der Waals surface area contributed by atoms with Gasteiger partial charge in [0, 0.05) is 25.1 Å². The maximum absolute atomic E-state index is 5.81. The molecule has 0 aliphatic carbocycles. The maximum atomic E-state index is 5.81. The van der Waals surface area contributed by atoms with Crippen molar-refractivity contribution in [1.29, 1.82) is 0 Å². The van der Waals surface area contributed by atoms with E-state index >= 15 is 0 Å². The van der Waals surface area contributed by atoms with E-state index in [1.165, 1.54) is 32.4 Å². The van der Waals surface area contributed by atoms with E-state index in [0.717, 1.165) is 37.9 Å². The molecule has 0 aromatic heterocycles. The summed E-state index contributed by atoms with van der Waals surface area (Å²) in [6, 6.07) is 7.78. The van der Waals surface area contributed by atoms with Crippen molar-refractivity contribution in [1.82, 2.24) is 4.90 Å². The average Bonchev–Trinajstić information content (AvgIpc) is 2.91. The number of hydrogen-bond donors (Lipinski definition) is 0. The fourth-order valence-corrected chi connectivity index (χ4v) is 3.42. The summed E-state index contributed by atoms with van der Waals surface area (Å²) in [7, 11) is 1.67. The van der Waals surface area contributed by atoms with Crippen molar-refractivity contribution in [2.75, 3.05) is 46.6 Å². The first-order valence-electron chi connectivity index (χ1n) is 7.87. The molecule has 4 heteroatoms. The smallest absolute Gasteiger partial charge is 0.119 e. The van der Waals surface area contributed by atoms with Gasteiger partial charge in [0.05, 0.1) is 13.7 Å². The molecule has 1 aromatic rings. The van der Waals surface area contributed by atoms with Gasteiger partial charge in [0.2, 0.25) is 0 Å². The van der Waals surface area contributed by atoms with Crippen molar-refractivity contribution in [3.63, 3.8) is 0 Å². The van der Waals surface area contributed by atoms with E-state index in [1.807, 2.05) is 24.3 Å². The van der Waals surface area contributed by atoms with E-state index in [0.29, 0.717) is 5.41 Å². The van der Waals surface area contributed by atoms with Crippen molar-refractivity contribution in [3.8, 4) is 11.5 Å². The van der Waals surface area contributed by atoms with Crippen LogP contribution >= 0.6 is 0 Å². The van der Waals surface area contributed by atoms with Gasteiger partial charge in [-0.15, -0.1) is 0 Å². The Morgan fingerprint density at radius 3 is 2.71 bits per heavy atom. The lowest BCUT2D eigenvalue weighted by atomic mass is 9.82. The molecule has 0 radical (unpaired) electrons. The lowest BCUT2D eigenvalue weighted by Gasteiger charge is -2.33. The third-order valence-electron chi connectivity index (χ3n) is 4.66. The Morgan fingerprint density at radius 1 is 1.19 bits per heavy atom. The second-order valence-electron chi connectivity index (χ2n) is 6.21. The molecule has 116 valence electrons. The summed E-state index contributed by atoms with van der Waals surface area (Å²) in [5, 5.41) is 0. The van der Waals surface area contributed by atoms with Gasteiger partial charge >= 0.3 is 0 Å². The molecular weight excluding hydrogens is 266 g/mol. The summed E-state index contributed by atoms with van der Waals surface area (Å²) in [5.41, 5.74) is 0.429. The van der Waals surface area contributed by atoms with Crippen LogP contribution in [0.25, 0.3) is 0 Å². The Hall–Kier alpha value is -1.26. The Labute approximate surface area is 127 Å². The number of rotatable bonds is 5. The summed E-state index contributed by atoms with van der Waals surface area (Å²) in [6.45, 7) is 5.97. The molecule has 2 heterocycles. The third kappa shape index (κ3) is 3.69. The number of methoxy groups -OCH3 is 1. The van der Waals surface area contributed by atoms with Crippen molar-refractivity contribution in [2.24, 2.45) is 5.41 Å². The molecular formula is C17H25NO3. The minimum Gasteiger partial charge on any atom is -0.497 e. The predicted octanol–water partition coefficient (Wildman–Crippen LogP) is 2.58. The minimum atomic E-state index is 0.429. The van der Waals surface area contributed by atoms with Crippen LogP contribution < -0.4 is 9.47 Å². The van der Waals surface area contributed by atoms with Gasteiger partial charge in [-0.05, 0) is 50.1 Å². The van der Waals surface area contributed by atoms with Crippen molar-refractivity contribution < 1.29 is 14.2 Å². The van der Waals surface area contributed by atoms with E-state index in [-0.39, 0.29) is 0 Å². The molecule has 2 fully saturated rings. The van der Waals surface area contributed by atoms with Crippen LogP contribution in [0.2, 0.25) is 0 Å². The second-order valence-corrected chi connectivity index (χ2v) is 6.21. The van der Waals surface area contributed by atoms with Crippen LogP contribution in [0, 0.1) is 5.41 Å².